The summed E-state index contributed by atoms with van der Waals surface area (Å²) in [6.45, 7) is 0. The summed E-state index contributed by atoms with van der Waals surface area (Å²) >= 11 is 0. The Morgan fingerprint density at radius 1 is 1.08 bits per heavy atom. The van der Waals surface area contributed by atoms with Gasteiger partial charge in [-0.2, -0.15) is 0 Å². The summed E-state index contributed by atoms with van der Waals surface area (Å²) in [6.07, 6.45) is 4.10. The van der Waals surface area contributed by atoms with Gasteiger partial charge in [-0.3, -0.25) is 0 Å². The molecule has 0 unspecified atom stereocenters. The second kappa shape index (κ2) is 1.91. The molecule has 2 aliphatic rings. The van der Waals surface area contributed by atoms with Crippen molar-refractivity contribution >= 4 is 5.65 Å². The predicted octanol–water partition coefficient (Wildman–Crippen LogP) is 2.37. The Morgan fingerprint density at radius 2 is 2.08 bits per heavy atom. The standard InChI is InChI=1S/C10H8N2/c1-3-8-7-11-10-5-2-6-12(10)9(8)4-1/h1-7,11H. The average molecular weight is 156 g/mol. The average Bonchev–Trinajstić information content (AvgIpc) is 2.71. The van der Waals surface area contributed by atoms with Crippen LogP contribution in [0.3, 0.4) is 0 Å². The van der Waals surface area contributed by atoms with Crippen molar-refractivity contribution in [3.05, 3.63) is 42.7 Å². The number of aromatic amines is 1. The van der Waals surface area contributed by atoms with Gasteiger partial charge in [0, 0.05) is 18.0 Å². The number of H-pyrrole nitrogens is 1. The topological polar surface area (TPSA) is 20.2 Å². The first-order chi connectivity index (χ1) is 5.95. The number of fused-ring (bicyclic) bond motifs is 3. The lowest BCUT2D eigenvalue weighted by Gasteiger charge is -2.02. The molecule has 2 nitrogen and oxygen atoms in total. The van der Waals surface area contributed by atoms with Gasteiger partial charge in [0.05, 0.1) is 5.69 Å². The smallest absolute Gasteiger partial charge is 0.114 e. The Hall–Kier alpha value is -1.70. The van der Waals surface area contributed by atoms with Crippen LogP contribution in [0.4, 0.5) is 0 Å². The van der Waals surface area contributed by atoms with E-state index in [1.165, 1.54) is 11.3 Å². The van der Waals surface area contributed by atoms with E-state index in [1.54, 1.807) is 0 Å². The molecule has 58 valence electrons. The maximum absolute atomic E-state index is 3.22. The normalized spacial score (nSPS) is 11.3. The van der Waals surface area contributed by atoms with Gasteiger partial charge in [-0.15, -0.1) is 0 Å². The zero-order chi connectivity index (χ0) is 7.97. The number of nitrogens with one attached hydrogen (secondary N) is 1. The van der Waals surface area contributed by atoms with Crippen LogP contribution >= 0.6 is 0 Å². The molecule has 0 saturated carbocycles. The van der Waals surface area contributed by atoms with E-state index in [0.29, 0.717) is 0 Å². The SMILES string of the molecule is c1cc2c[nH]c3cccn3c-2c1. The van der Waals surface area contributed by atoms with E-state index in [4.69, 9.17) is 0 Å². The molecule has 0 fully saturated rings. The zero-order valence-corrected chi connectivity index (χ0v) is 6.49. The maximum atomic E-state index is 3.22. The lowest BCUT2D eigenvalue weighted by atomic mass is 10.3. The molecule has 2 heteroatoms. The van der Waals surface area contributed by atoms with E-state index in [1.807, 2.05) is 12.3 Å². The van der Waals surface area contributed by atoms with Crippen LogP contribution in [0.25, 0.3) is 16.9 Å². The van der Waals surface area contributed by atoms with Crippen molar-refractivity contribution in [2.75, 3.05) is 0 Å². The minimum Gasteiger partial charge on any atom is -0.347 e. The highest BCUT2D eigenvalue weighted by molar-refractivity contribution is 5.65. The first-order valence-electron chi connectivity index (χ1n) is 3.98. The van der Waals surface area contributed by atoms with Crippen molar-refractivity contribution in [3.8, 4) is 11.3 Å². The van der Waals surface area contributed by atoms with Crippen LogP contribution in [-0.4, -0.2) is 9.38 Å². The molecule has 1 aromatic rings. The summed E-state index contributed by atoms with van der Waals surface area (Å²) in [6, 6.07) is 10.4. The van der Waals surface area contributed by atoms with Crippen LogP contribution in [-0.2, 0) is 0 Å². The van der Waals surface area contributed by atoms with Crippen molar-refractivity contribution in [2.45, 2.75) is 0 Å². The zero-order valence-electron chi connectivity index (χ0n) is 6.49. The van der Waals surface area contributed by atoms with Crippen molar-refractivity contribution < 1.29 is 0 Å². The lowest BCUT2D eigenvalue weighted by molar-refractivity contribution is 1.14. The Kier molecular flexibility index (Phi) is 0.939. The fourth-order valence-corrected chi connectivity index (χ4v) is 1.63. The Morgan fingerprint density at radius 3 is 3.08 bits per heavy atom. The molecular formula is C10H8N2. The van der Waals surface area contributed by atoms with Crippen LogP contribution < -0.4 is 0 Å². The first kappa shape index (κ1) is 5.89. The van der Waals surface area contributed by atoms with E-state index in [9.17, 15) is 0 Å². The van der Waals surface area contributed by atoms with Crippen molar-refractivity contribution in [1.29, 1.82) is 0 Å². The van der Waals surface area contributed by atoms with Gasteiger partial charge in [-0.1, -0.05) is 12.1 Å². The van der Waals surface area contributed by atoms with Crippen LogP contribution in [0, 0.1) is 0 Å². The molecule has 1 aliphatic carbocycles. The quantitative estimate of drug-likeness (QED) is 0.515. The summed E-state index contributed by atoms with van der Waals surface area (Å²) in [7, 11) is 0. The monoisotopic (exact) mass is 156 g/mol. The summed E-state index contributed by atoms with van der Waals surface area (Å²) in [4.78, 5) is 3.22. The Balaban J connectivity index is 2.61. The van der Waals surface area contributed by atoms with Gasteiger partial charge in [0.25, 0.3) is 0 Å². The number of hydrogen-bond acceptors (Lipinski definition) is 0. The van der Waals surface area contributed by atoms with Crippen molar-refractivity contribution in [3.63, 3.8) is 0 Å². The molecule has 1 aromatic heterocycles. The minimum absolute atomic E-state index is 1.13. The minimum atomic E-state index is 1.13. The second-order valence-corrected chi connectivity index (χ2v) is 2.92. The van der Waals surface area contributed by atoms with E-state index in [2.05, 4.69) is 39.8 Å². The van der Waals surface area contributed by atoms with Crippen LogP contribution in [0.5, 0.6) is 0 Å². The molecule has 2 heterocycles. The largest absolute Gasteiger partial charge is 0.347 e. The van der Waals surface area contributed by atoms with Gasteiger partial charge in [-0.25, -0.2) is 0 Å². The third-order valence-corrected chi connectivity index (χ3v) is 2.21. The van der Waals surface area contributed by atoms with Crippen LogP contribution in [0.15, 0.2) is 42.7 Å². The van der Waals surface area contributed by atoms with Gasteiger partial charge >= 0.3 is 0 Å². The van der Waals surface area contributed by atoms with Crippen molar-refractivity contribution in [2.24, 2.45) is 0 Å². The van der Waals surface area contributed by atoms with Crippen LogP contribution in [0.2, 0.25) is 0 Å². The van der Waals surface area contributed by atoms with E-state index < -0.39 is 0 Å². The molecule has 0 spiro atoms. The molecule has 0 aromatic carbocycles. The van der Waals surface area contributed by atoms with E-state index >= 15 is 0 Å². The van der Waals surface area contributed by atoms with Gasteiger partial charge in [0.1, 0.15) is 5.65 Å². The summed E-state index contributed by atoms with van der Waals surface area (Å²) < 4.78 is 2.15. The third-order valence-electron chi connectivity index (χ3n) is 2.21. The molecule has 3 rings (SSSR count). The van der Waals surface area contributed by atoms with Gasteiger partial charge in [-0.05, 0) is 18.2 Å². The van der Waals surface area contributed by atoms with Crippen molar-refractivity contribution in [1.82, 2.24) is 9.38 Å². The number of nitrogens with zero attached hydrogens (tertiary/aromatic N) is 1. The molecule has 0 radical (unpaired) electrons. The first-order valence-corrected chi connectivity index (χ1v) is 3.98. The fraction of sp³-hybridized carbons (Fsp3) is 0. The molecule has 0 atom stereocenters. The molecule has 1 aliphatic heterocycles. The van der Waals surface area contributed by atoms with Crippen LogP contribution in [0.1, 0.15) is 0 Å². The highest BCUT2D eigenvalue weighted by Gasteiger charge is 2.04. The van der Waals surface area contributed by atoms with E-state index in [-0.39, 0.29) is 0 Å². The predicted molar refractivity (Wildman–Crippen MR) is 48.4 cm³/mol. The number of hydrogen-bond donors (Lipinski definition) is 1. The maximum Gasteiger partial charge on any atom is 0.114 e. The van der Waals surface area contributed by atoms with E-state index in [0.717, 1.165) is 5.65 Å². The molecule has 1 N–H and O–H groups in total. The summed E-state index contributed by atoms with van der Waals surface area (Å²) in [5.74, 6) is 0. The third kappa shape index (κ3) is 0.593. The van der Waals surface area contributed by atoms with Gasteiger partial charge < -0.3 is 9.38 Å². The highest BCUT2D eigenvalue weighted by atomic mass is 15.0. The fourth-order valence-electron chi connectivity index (χ4n) is 1.63. The number of rotatable bonds is 0. The Bertz CT molecular complexity index is 489. The summed E-state index contributed by atoms with van der Waals surface area (Å²) in [5, 5.41) is 0. The molecule has 0 saturated heterocycles. The summed E-state index contributed by atoms with van der Waals surface area (Å²) in [5.41, 5.74) is 3.64. The lowest BCUT2D eigenvalue weighted by Crippen LogP contribution is -1.90. The molecule has 0 amide bonds. The molecular weight excluding hydrogens is 148 g/mol. The van der Waals surface area contributed by atoms with Gasteiger partial charge in [0.2, 0.25) is 0 Å². The Labute approximate surface area is 69.8 Å². The number of aromatic nitrogens is 2. The van der Waals surface area contributed by atoms with Gasteiger partial charge in [0.15, 0.2) is 0 Å². The molecule has 12 heavy (non-hydrogen) atoms. The highest BCUT2D eigenvalue weighted by Crippen LogP contribution is 2.22. The second-order valence-electron chi connectivity index (χ2n) is 2.92. The molecule has 0 bridgehead atoms.